The van der Waals surface area contributed by atoms with Gasteiger partial charge in [0.25, 0.3) is 0 Å². The monoisotopic (exact) mass is 320 g/mol. The fraction of sp³-hybridized carbons (Fsp3) is 0.167. The fourth-order valence-electron chi connectivity index (χ4n) is 2.02. The van der Waals surface area contributed by atoms with Gasteiger partial charge in [0.2, 0.25) is 0 Å². The molecule has 0 unspecified atom stereocenters. The van der Waals surface area contributed by atoms with Gasteiger partial charge in [-0.05, 0) is 23.3 Å². The van der Waals surface area contributed by atoms with Crippen LogP contribution in [0, 0.1) is 0 Å². The summed E-state index contributed by atoms with van der Waals surface area (Å²) in [4.78, 5) is 11.9. The van der Waals surface area contributed by atoms with E-state index in [1.165, 1.54) is 12.1 Å². The van der Waals surface area contributed by atoms with E-state index in [-0.39, 0.29) is 11.5 Å². The van der Waals surface area contributed by atoms with Gasteiger partial charge in [0, 0.05) is 18.1 Å². The molecule has 2 nitrogen and oxygen atoms in total. The molecule has 0 bridgehead atoms. The Hall–Kier alpha value is -2.56. The highest BCUT2D eigenvalue weighted by Gasteiger charge is 2.29. The number of alkyl halides is 3. The molecule has 0 radical (unpaired) electrons. The number of allylic oxidation sites excluding steroid dienone is 2. The predicted molar refractivity (Wildman–Crippen MR) is 82.2 cm³/mol. The molecule has 2 aromatic rings. The number of aliphatic hydroxyl groups excluding tert-OH is 1. The number of rotatable bonds is 4. The quantitative estimate of drug-likeness (QED) is 0.465. The maximum Gasteiger partial charge on any atom is 0.416 e. The molecule has 1 N–H and O–H groups in total. The van der Waals surface area contributed by atoms with Crippen LogP contribution in [0.15, 0.2) is 60.4 Å². The number of hydrogen-bond donors (Lipinski definition) is 1. The summed E-state index contributed by atoms with van der Waals surface area (Å²) in [6.07, 6.45) is -2.83. The van der Waals surface area contributed by atoms with Crippen molar-refractivity contribution in [1.82, 2.24) is 0 Å². The minimum atomic E-state index is -4.36. The number of aliphatic hydroxyl groups is 1. The standard InChI is InChI=1S/C18H15F3O2/c1-2-16(22)11-17(23)14-5-3-12(4-6-14)13-7-9-15(10-8-13)18(19,20)21/h3-11,22H,2H2,1H3/b16-11+. The van der Waals surface area contributed by atoms with Gasteiger partial charge in [0.1, 0.15) is 0 Å². The first-order chi connectivity index (χ1) is 10.8. The third-order valence-electron chi connectivity index (χ3n) is 3.37. The third-order valence-corrected chi connectivity index (χ3v) is 3.37. The van der Waals surface area contributed by atoms with Crippen molar-refractivity contribution < 1.29 is 23.1 Å². The molecule has 0 atom stereocenters. The summed E-state index contributed by atoms with van der Waals surface area (Å²) < 4.78 is 37.6. The maximum atomic E-state index is 12.5. The lowest BCUT2D eigenvalue weighted by molar-refractivity contribution is -0.137. The zero-order valence-corrected chi connectivity index (χ0v) is 12.4. The van der Waals surface area contributed by atoms with E-state index in [9.17, 15) is 23.1 Å². The first kappa shape index (κ1) is 16.8. The lowest BCUT2D eigenvalue weighted by Crippen LogP contribution is -2.04. The molecule has 23 heavy (non-hydrogen) atoms. The Balaban J connectivity index is 2.21. The Labute approximate surface area is 131 Å². The van der Waals surface area contributed by atoms with Crippen LogP contribution in [0.4, 0.5) is 13.2 Å². The Morgan fingerprint density at radius 2 is 1.48 bits per heavy atom. The molecular weight excluding hydrogens is 305 g/mol. The summed E-state index contributed by atoms with van der Waals surface area (Å²) in [6.45, 7) is 1.73. The van der Waals surface area contributed by atoms with Crippen molar-refractivity contribution in [3.63, 3.8) is 0 Å². The molecule has 0 aliphatic carbocycles. The van der Waals surface area contributed by atoms with Gasteiger partial charge < -0.3 is 5.11 Å². The lowest BCUT2D eigenvalue weighted by Gasteiger charge is -2.08. The van der Waals surface area contributed by atoms with Crippen LogP contribution in [0.2, 0.25) is 0 Å². The molecule has 5 heteroatoms. The van der Waals surface area contributed by atoms with E-state index in [0.29, 0.717) is 23.1 Å². The summed E-state index contributed by atoms with van der Waals surface area (Å²) in [5.41, 5.74) is 1.04. The highest BCUT2D eigenvalue weighted by molar-refractivity contribution is 6.04. The normalized spacial score (nSPS) is 12.3. The van der Waals surface area contributed by atoms with Crippen LogP contribution in [0.25, 0.3) is 11.1 Å². The number of benzene rings is 2. The van der Waals surface area contributed by atoms with Crippen LogP contribution in [-0.4, -0.2) is 10.9 Å². The summed E-state index contributed by atoms with van der Waals surface area (Å²) >= 11 is 0. The van der Waals surface area contributed by atoms with Gasteiger partial charge in [0.15, 0.2) is 5.78 Å². The number of hydrogen-bond acceptors (Lipinski definition) is 2. The average Bonchev–Trinajstić information content (AvgIpc) is 2.54. The van der Waals surface area contributed by atoms with Crippen LogP contribution in [-0.2, 0) is 6.18 Å². The van der Waals surface area contributed by atoms with E-state index >= 15 is 0 Å². The summed E-state index contributed by atoms with van der Waals surface area (Å²) in [5, 5.41) is 9.36. The molecular formula is C18H15F3O2. The van der Waals surface area contributed by atoms with Gasteiger partial charge in [-0.1, -0.05) is 43.3 Å². The Morgan fingerprint density at radius 1 is 1.00 bits per heavy atom. The van der Waals surface area contributed by atoms with Crippen molar-refractivity contribution in [2.75, 3.05) is 0 Å². The van der Waals surface area contributed by atoms with Crippen molar-refractivity contribution >= 4 is 5.78 Å². The summed E-state index contributed by atoms with van der Waals surface area (Å²) in [5.74, 6) is -0.315. The molecule has 0 heterocycles. The van der Waals surface area contributed by atoms with Gasteiger partial charge in [-0.15, -0.1) is 0 Å². The highest BCUT2D eigenvalue weighted by Crippen LogP contribution is 2.31. The minimum Gasteiger partial charge on any atom is -0.512 e. The molecule has 0 fully saturated rings. The molecule has 0 aliphatic heterocycles. The number of carbonyl (C=O) groups excluding carboxylic acids is 1. The largest absolute Gasteiger partial charge is 0.512 e. The van der Waals surface area contributed by atoms with Gasteiger partial charge in [0.05, 0.1) is 11.3 Å². The molecule has 0 aliphatic rings. The van der Waals surface area contributed by atoms with Gasteiger partial charge in [-0.3, -0.25) is 4.79 Å². The van der Waals surface area contributed by atoms with Crippen LogP contribution in [0.3, 0.4) is 0 Å². The maximum absolute atomic E-state index is 12.5. The smallest absolute Gasteiger partial charge is 0.416 e. The van der Waals surface area contributed by atoms with E-state index in [0.717, 1.165) is 18.2 Å². The van der Waals surface area contributed by atoms with Gasteiger partial charge in [-0.25, -0.2) is 0 Å². The van der Waals surface area contributed by atoms with E-state index in [2.05, 4.69) is 0 Å². The van der Waals surface area contributed by atoms with Crippen molar-refractivity contribution in [1.29, 1.82) is 0 Å². The molecule has 0 spiro atoms. The molecule has 0 aromatic heterocycles. The zero-order chi connectivity index (χ0) is 17.0. The molecule has 2 rings (SSSR count). The Kier molecular flexibility index (Phi) is 4.89. The minimum absolute atomic E-state index is 0.00168. The van der Waals surface area contributed by atoms with Crippen LogP contribution in [0.1, 0.15) is 29.3 Å². The van der Waals surface area contributed by atoms with Gasteiger partial charge in [-0.2, -0.15) is 13.2 Å². The second kappa shape index (κ2) is 6.69. The summed E-state index contributed by atoms with van der Waals surface area (Å²) in [6, 6.07) is 11.3. The SMILES string of the molecule is CC/C(O)=C\C(=O)c1ccc(-c2ccc(C(F)(F)F)cc2)cc1. The second-order valence-electron chi connectivity index (χ2n) is 5.01. The van der Waals surface area contributed by atoms with E-state index in [4.69, 9.17) is 0 Å². The van der Waals surface area contributed by atoms with Crippen molar-refractivity contribution in [3.8, 4) is 11.1 Å². The van der Waals surface area contributed by atoms with Crippen LogP contribution < -0.4 is 0 Å². The molecule has 0 amide bonds. The predicted octanol–water partition coefficient (Wildman–Crippen LogP) is 5.41. The first-order valence-electron chi connectivity index (χ1n) is 7.03. The Bertz CT molecular complexity index is 711. The number of halogens is 3. The van der Waals surface area contributed by atoms with E-state index in [1.54, 1.807) is 31.2 Å². The average molecular weight is 320 g/mol. The van der Waals surface area contributed by atoms with E-state index < -0.39 is 11.7 Å². The second-order valence-corrected chi connectivity index (χ2v) is 5.01. The molecule has 120 valence electrons. The zero-order valence-electron chi connectivity index (χ0n) is 12.4. The highest BCUT2D eigenvalue weighted by atomic mass is 19.4. The molecule has 2 aromatic carbocycles. The molecule has 0 saturated heterocycles. The fourth-order valence-corrected chi connectivity index (χ4v) is 2.02. The first-order valence-corrected chi connectivity index (χ1v) is 7.03. The van der Waals surface area contributed by atoms with Crippen molar-refractivity contribution in [2.45, 2.75) is 19.5 Å². The van der Waals surface area contributed by atoms with Crippen LogP contribution in [0.5, 0.6) is 0 Å². The van der Waals surface area contributed by atoms with Crippen molar-refractivity contribution in [2.24, 2.45) is 0 Å². The lowest BCUT2D eigenvalue weighted by atomic mass is 10.0. The molecule has 0 saturated carbocycles. The van der Waals surface area contributed by atoms with Crippen molar-refractivity contribution in [3.05, 3.63) is 71.5 Å². The number of ketones is 1. The number of carbonyl (C=O) groups is 1. The van der Waals surface area contributed by atoms with E-state index in [1.807, 2.05) is 0 Å². The van der Waals surface area contributed by atoms with Gasteiger partial charge >= 0.3 is 6.18 Å². The summed E-state index contributed by atoms with van der Waals surface area (Å²) in [7, 11) is 0. The third kappa shape index (κ3) is 4.22. The topological polar surface area (TPSA) is 37.3 Å². The Morgan fingerprint density at radius 3 is 1.91 bits per heavy atom. The van der Waals surface area contributed by atoms with Crippen LogP contribution >= 0.6 is 0 Å².